The highest BCUT2D eigenvalue weighted by atomic mass is 15.6. The maximum Gasteiger partial charge on any atom is 0.112 e. The van der Waals surface area contributed by atoms with Crippen LogP contribution in [0, 0.1) is 0 Å². The Hall–Kier alpha value is -1.65. The van der Waals surface area contributed by atoms with Crippen LogP contribution in [0.25, 0.3) is 5.52 Å². The van der Waals surface area contributed by atoms with Gasteiger partial charge in [0.25, 0.3) is 0 Å². The van der Waals surface area contributed by atoms with Gasteiger partial charge < -0.3 is 11.6 Å². The molecule has 52 valence electrons. The largest absolute Gasteiger partial charge is 0.396 e. The van der Waals surface area contributed by atoms with E-state index in [0.29, 0.717) is 5.69 Å². The third-order valence-corrected chi connectivity index (χ3v) is 1.42. The molecule has 0 aliphatic heterocycles. The number of hydrogen-bond donors (Lipinski definition) is 2. The summed E-state index contributed by atoms with van der Waals surface area (Å²) in [6, 6.07) is 1.81. The van der Waals surface area contributed by atoms with Crippen molar-refractivity contribution in [1.29, 1.82) is 0 Å². The van der Waals surface area contributed by atoms with Crippen molar-refractivity contribution in [1.82, 2.24) is 14.5 Å². The summed E-state index contributed by atoms with van der Waals surface area (Å²) in [5.74, 6) is 5.45. The predicted molar refractivity (Wildman–Crippen MR) is 37.7 cm³/mol. The topological polar surface area (TPSA) is 74.3 Å². The van der Waals surface area contributed by atoms with Crippen molar-refractivity contribution in [3.05, 3.63) is 18.5 Å². The van der Waals surface area contributed by atoms with Crippen LogP contribution in [0.2, 0.25) is 0 Å². The fraction of sp³-hybridized carbons (Fsp3) is 0. The molecule has 0 radical (unpaired) electrons. The zero-order valence-corrected chi connectivity index (χ0v) is 5.23. The van der Waals surface area contributed by atoms with E-state index in [1.165, 1.54) is 9.42 Å². The molecule has 2 aromatic heterocycles. The van der Waals surface area contributed by atoms with Crippen molar-refractivity contribution >= 4 is 11.2 Å². The fourth-order valence-corrected chi connectivity index (χ4v) is 0.918. The lowest BCUT2D eigenvalue weighted by molar-refractivity contribution is 0.676. The smallest absolute Gasteiger partial charge is 0.112 e. The van der Waals surface area contributed by atoms with Gasteiger partial charge in [-0.05, 0) is 6.07 Å². The van der Waals surface area contributed by atoms with E-state index in [2.05, 4.69) is 5.10 Å². The summed E-state index contributed by atoms with van der Waals surface area (Å²) in [6.07, 6.45) is 3.26. The van der Waals surface area contributed by atoms with Crippen LogP contribution in [0.4, 0.5) is 5.69 Å². The minimum absolute atomic E-state index is 0.643. The van der Waals surface area contributed by atoms with E-state index in [1.807, 2.05) is 6.07 Å². The van der Waals surface area contributed by atoms with E-state index >= 15 is 0 Å². The zero-order chi connectivity index (χ0) is 7.14. The molecule has 0 spiro atoms. The van der Waals surface area contributed by atoms with Crippen LogP contribution in [0.1, 0.15) is 0 Å². The van der Waals surface area contributed by atoms with Gasteiger partial charge in [0.15, 0.2) is 0 Å². The fourth-order valence-electron chi connectivity index (χ4n) is 0.918. The zero-order valence-electron chi connectivity index (χ0n) is 5.23. The highest BCUT2D eigenvalue weighted by molar-refractivity contribution is 5.67. The van der Waals surface area contributed by atoms with Crippen molar-refractivity contribution in [3.8, 4) is 0 Å². The van der Waals surface area contributed by atoms with E-state index in [4.69, 9.17) is 11.6 Å². The second kappa shape index (κ2) is 1.44. The van der Waals surface area contributed by atoms with E-state index in [9.17, 15) is 0 Å². The number of nitrogens with two attached hydrogens (primary N) is 2. The number of rotatable bonds is 0. The maximum atomic E-state index is 5.54. The van der Waals surface area contributed by atoms with E-state index in [-0.39, 0.29) is 0 Å². The van der Waals surface area contributed by atoms with Crippen molar-refractivity contribution < 1.29 is 0 Å². The highest BCUT2D eigenvalue weighted by Gasteiger charge is 2.00. The molecule has 10 heavy (non-hydrogen) atoms. The summed E-state index contributed by atoms with van der Waals surface area (Å²) in [7, 11) is 0. The van der Waals surface area contributed by atoms with Gasteiger partial charge in [-0.3, -0.25) is 0 Å². The van der Waals surface area contributed by atoms with Crippen LogP contribution in [0.5, 0.6) is 0 Å². The lowest BCUT2D eigenvalue weighted by Gasteiger charge is -1.90. The first-order valence-electron chi connectivity index (χ1n) is 2.85. The first kappa shape index (κ1) is 5.16. The van der Waals surface area contributed by atoms with Gasteiger partial charge >= 0.3 is 0 Å². The average molecular weight is 137 g/mol. The summed E-state index contributed by atoms with van der Waals surface area (Å²) >= 11 is 0. The predicted octanol–water partition coefficient (Wildman–Crippen LogP) is -0.568. The van der Waals surface area contributed by atoms with Gasteiger partial charge in [0.05, 0.1) is 11.9 Å². The third-order valence-electron chi connectivity index (χ3n) is 1.42. The van der Waals surface area contributed by atoms with Crippen LogP contribution in [0.15, 0.2) is 18.5 Å². The molecule has 0 amide bonds. The number of nitrogens with zero attached hydrogens (tertiary/aromatic N) is 3. The Morgan fingerprint density at radius 1 is 1.50 bits per heavy atom. The molecular formula is C5H7N5. The van der Waals surface area contributed by atoms with E-state index in [0.717, 1.165) is 5.52 Å². The molecule has 2 heterocycles. The van der Waals surface area contributed by atoms with Crippen LogP contribution >= 0.6 is 0 Å². The van der Waals surface area contributed by atoms with Crippen LogP contribution in [-0.2, 0) is 0 Å². The molecule has 0 fully saturated rings. The summed E-state index contributed by atoms with van der Waals surface area (Å²) in [5, 5.41) is 3.91. The quantitative estimate of drug-likeness (QED) is 0.477. The first-order chi connectivity index (χ1) is 4.79. The molecule has 5 nitrogen and oxygen atoms in total. The molecule has 0 atom stereocenters. The maximum absolute atomic E-state index is 5.54. The third kappa shape index (κ3) is 0.439. The van der Waals surface area contributed by atoms with Crippen molar-refractivity contribution in [3.63, 3.8) is 0 Å². The minimum atomic E-state index is 0.643. The van der Waals surface area contributed by atoms with Crippen molar-refractivity contribution in [2.45, 2.75) is 0 Å². The van der Waals surface area contributed by atoms with Gasteiger partial charge in [-0.1, -0.05) is 0 Å². The molecule has 0 aromatic carbocycles. The summed E-state index contributed by atoms with van der Waals surface area (Å²) in [6.45, 7) is 0. The Morgan fingerprint density at radius 3 is 3.00 bits per heavy atom. The molecule has 0 aliphatic carbocycles. The van der Waals surface area contributed by atoms with Gasteiger partial charge in [0.1, 0.15) is 5.52 Å². The molecule has 2 aromatic rings. The Bertz CT molecular complexity index is 321. The van der Waals surface area contributed by atoms with Gasteiger partial charge in [-0.2, -0.15) is 14.5 Å². The second-order valence-electron chi connectivity index (χ2n) is 2.07. The second-order valence-corrected chi connectivity index (χ2v) is 2.07. The summed E-state index contributed by atoms with van der Waals surface area (Å²) < 4.78 is 1.52. The summed E-state index contributed by atoms with van der Waals surface area (Å²) in [4.78, 5) is 1.37. The normalized spacial score (nSPS) is 10.8. The van der Waals surface area contributed by atoms with Gasteiger partial charge in [0, 0.05) is 6.20 Å². The van der Waals surface area contributed by atoms with Crippen molar-refractivity contribution in [2.75, 3.05) is 11.6 Å². The Balaban J connectivity index is 2.95. The molecule has 0 saturated heterocycles. The average Bonchev–Trinajstić information content (AvgIpc) is 2.41. The lowest BCUT2D eigenvalue weighted by Crippen LogP contribution is -2.13. The number of anilines is 1. The first-order valence-corrected chi connectivity index (χ1v) is 2.85. The van der Waals surface area contributed by atoms with E-state index in [1.54, 1.807) is 12.4 Å². The summed E-state index contributed by atoms with van der Waals surface area (Å²) in [5.41, 5.74) is 7.02. The molecule has 2 rings (SSSR count). The Labute approximate surface area is 56.8 Å². The van der Waals surface area contributed by atoms with E-state index < -0.39 is 0 Å². The molecule has 0 saturated carbocycles. The van der Waals surface area contributed by atoms with Gasteiger partial charge in [0.2, 0.25) is 0 Å². The van der Waals surface area contributed by atoms with Crippen LogP contribution in [-0.4, -0.2) is 14.5 Å². The minimum Gasteiger partial charge on any atom is -0.396 e. The molecule has 0 unspecified atom stereocenters. The highest BCUT2D eigenvalue weighted by Crippen LogP contribution is 2.10. The van der Waals surface area contributed by atoms with Gasteiger partial charge in [-0.15, -0.1) is 0 Å². The standard InChI is InChI=1S/C5H7N5/c6-4-3-8-10-5(4)1-2-9(10)7/h1-3H,6-7H2. The molecule has 5 heteroatoms. The van der Waals surface area contributed by atoms with Gasteiger partial charge in [-0.25, -0.2) is 0 Å². The van der Waals surface area contributed by atoms with Crippen molar-refractivity contribution in [2.24, 2.45) is 0 Å². The lowest BCUT2D eigenvalue weighted by atomic mass is 10.4. The number of fused-ring (bicyclic) bond motifs is 1. The van der Waals surface area contributed by atoms with Crippen LogP contribution < -0.4 is 11.6 Å². The number of aromatic nitrogens is 3. The molecule has 0 aliphatic rings. The molecule has 4 N–H and O–H groups in total. The number of hydrogen-bond acceptors (Lipinski definition) is 3. The van der Waals surface area contributed by atoms with Crippen LogP contribution in [0.3, 0.4) is 0 Å². The molecule has 0 bridgehead atoms. The number of nitrogen functional groups attached to an aromatic ring is 2. The Kier molecular flexibility index (Phi) is 0.743. The Morgan fingerprint density at radius 2 is 2.30 bits per heavy atom. The SMILES string of the molecule is Nc1cnn2c1ccn2N. The monoisotopic (exact) mass is 137 g/mol. The molecular weight excluding hydrogens is 130 g/mol.